The van der Waals surface area contributed by atoms with E-state index in [2.05, 4.69) is 5.32 Å². The largest absolute Gasteiger partial charge is 0.493 e. The van der Waals surface area contributed by atoms with Crippen LogP contribution in [0.25, 0.3) is 0 Å². The second-order valence-corrected chi connectivity index (χ2v) is 8.69. The maximum atomic E-state index is 12.4. The molecule has 2 aromatic rings. The third kappa shape index (κ3) is 6.32. The molecule has 0 bridgehead atoms. The van der Waals surface area contributed by atoms with E-state index in [1.165, 1.54) is 26.4 Å². The molecule has 0 unspecified atom stereocenters. The van der Waals surface area contributed by atoms with E-state index in [-0.39, 0.29) is 17.9 Å². The molecular weight excluding hydrogens is 426 g/mol. The molecule has 0 saturated heterocycles. The summed E-state index contributed by atoms with van der Waals surface area (Å²) in [5.74, 6) is 0.624. The maximum Gasteiger partial charge on any atom is 0.271 e. The molecule has 2 rings (SSSR count). The van der Waals surface area contributed by atoms with Gasteiger partial charge in [-0.1, -0.05) is 12.1 Å². The third-order valence-corrected chi connectivity index (χ3v) is 5.67. The molecule has 0 radical (unpaired) electrons. The lowest BCUT2D eigenvalue weighted by atomic mass is 10.1. The summed E-state index contributed by atoms with van der Waals surface area (Å²) in [5.41, 5.74) is 1.22. The SMILES string of the molecule is COc1ccc(CCNC(=O)CN(c2cc([N+](=O)[O-])ccc2C)S(C)(=O)=O)cc1OC. The van der Waals surface area contributed by atoms with Gasteiger partial charge in [0, 0.05) is 18.7 Å². The molecule has 0 atom stereocenters. The average molecular weight is 452 g/mol. The number of non-ortho nitro benzene ring substituents is 1. The number of hydrogen-bond acceptors (Lipinski definition) is 7. The van der Waals surface area contributed by atoms with Gasteiger partial charge in [-0.25, -0.2) is 8.42 Å². The maximum absolute atomic E-state index is 12.4. The van der Waals surface area contributed by atoms with Crippen molar-refractivity contribution in [3.05, 3.63) is 57.6 Å². The van der Waals surface area contributed by atoms with E-state index in [4.69, 9.17) is 9.47 Å². The number of methoxy groups -OCH3 is 2. The standard InChI is InChI=1S/C20H25N3O7S/c1-14-5-7-16(23(25)26)12-17(14)22(31(4,27)28)13-20(24)21-10-9-15-6-8-18(29-2)19(11-15)30-3/h5-8,11-12H,9-10,13H2,1-4H3,(H,21,24). The summed E-state index contributed by atoms with van der Waals surface area (Å²) in [7, 11) is -0.789. The first-order chi connectivity index (χ1) is 14.6. The minimum atomic E-state index is -3.85. The topological polar surface area (TPSA) is 128 Å². The van der Waals surface area contributed by atoms with Crippen molar-refractivity contribution in [3.63, 3.8) is 0 Å². The van der Waals surface area contributed by atoms with E-state index < -0.39 is 27.4 Å². The number of nitro benzene ring substituents is 1. The molecule has 11 heteroatoms. The van der Waals surface area contributed by atoms with Crippen LogP contribution in [0.15, 0.2) is 36.4 Å². The summed E-state index contributed by atoms with van der Waals surface area (Å²) in [6.45, 7) is 1.39. The second kappa shape index (κ2) is 10.1. The van der Waals surface area contributed by atoms with E-state index in [0.717, 1.165) is 22.2 Å². The molecule has 1 amide bonds. The van der Waals surface area contributed by atoms with E-state index in [9.17, 15) is 23.3 Å². The van der Waals surface area contributed by atoms with Crippen molar-refractivity contribution in [2.75, 3.05) is 37.9 Å². The van der Waals surface area contributed by atoms with Gasteiger partial charge in [-0.05, 0) is 36.6 Å². The minimum Gasteiger partial charge on any atom is -0.493 e. The van der Waals surface area contributed by atoms with Gasteiger partial charge < -0.3 is 14.8 Å². The number of sulfonamides is 1. The Bertz CT molecular complexity index is 1070. The number of carbonyl (C=O) groups excluding carboxylic acids is 1. The summed E-state index contributed by atoms with van der Waals surface area (Å²) < 4.78 is 35.8. The smallest absolute Gasteiger partial charge is 0.271 e. The number of rotatable bonds is 10. The number of nitro groups is 1. The number of carbonyl (C=O) groups is 1. The fourth-order valence-corrected chi connectivity index (χ4v) is 3.84. The highest BCUT2D eigenvalue weighted by Crippen LogP contribution is 2.28. The van der Waals surface area contributed by atoms with Gasteiger partial charge in [0.25, 0.3) is 5.69 Å². The van der Waals surface area contributed by atoms with Crippen molar-refractivity contribution >= 4 is 27.3 Å². The Morgan fingerprint density at radius 2 is 1.81 bits per heavy atom. The van der Waals surface area contributed by atoms with Crippen molar-refractivity contribution in [2.45, 2.75) is 13.3 Å². The van der Waals surface area contributed by atoms with Gasteiger partial charge in [0.15, 0.2) is 11.5 Å². The lowest BCUT2D eigenvalue weighted by Gasteiger charge is -2.23. The number of ether oxygens (including phenoxy) is 2. The minimum absolute atomic E-state index is 0.0896. The number of nitrogens with zero attached hydrogens (tertiary/aromatic N) is 2. The van der Waals surface area contributed by atoms with Crippen LogP contribution in [0.5, 0.6) is 11.5 Å². The zero-order valence-corrected chi connectivity index (χ0v) is 18.6. The Labute approximate surface area is 181 Å². The fourth-order valence-electron chi connectivity index (χ4n) is 2.93. The molecule has 168 valence electrons. The van der Waals surface area contributed by atoms with Crippen molar-refractivity contribution in [2.24, 2.45) is 0 Å². The van der Waals surface area contributed by atoms with Crippen LogP contribution in [0.2, 0.25) is 0 Å². The summed E-state index contributed by atoms with van der Waals surface area (Å²) in [6.07, 6.45) is 1.43. The lowest BCUT2D eigenvalue weighted by Crippen LogP contribution is -2.41. The van der Waals surface area contributed by atoms with E-state index in [1.807, 2.05) is 6.07 Å². The quantitative estimate of drug-likeness (QED) is 0.432. The van der Waals surface area contributed by atoms with Crippen LogP contribution >= 0.6 is 0 Å². The van der Waals surface area contributed by atoms with Gasteiger partial charge in [-0.2, -0.15) is 0 Å². The predicted octanol–water partition coefficient (Wildman–Crippen LogP) is 2.05. The molecule has 2 aromatic carbocycles. The fraction of sp³-hybridized carbons (Fsp3) is 0.350. The van der Waals surface area contributed by atoms with Crippen LogP contribution in [0, 0.1) is 17.0 Å². The van der Waals surface area contributed by atoms with Crippen LogP contribution in [0.4, 0.5) is 11.4 Å². The van der Waals surface area contributed by atoms with Gasteiger partial charge in [-0.15, -0.1) is 0 Å². The molecule has 0 aliphatic rings. The van der Waals surface area contributed by atoms with Gasteiger partial charge >= 0.3 is 0 Å². The van der Waals surface area contributed by atoms with Crippen LogP contribution in [-0.4, -0.2) is 52.8 Å². The molecule has 0 spiro atoms. The number of aryl methyl sites for hydroxylation is 1. The van der Waals surface area contributed by atoms with Gasteiger partial charge in [-0.3, -0.25) is 19.2 Å². The highest BCUT2D eigenvalue weighted by Gasteiger charge is 2.24. The molecule has 0 heterocycles. The summed E-state index contributed by atoms with van der Waals surface area (Å²) in [5, 5.41) is 13.7. The van der Waals surface area contributed by atoms with E-state index in [0.29, 0.717) is 23.5 Å². The molecule has 0 aromatic heterocycles. The summed E-state index contributed by atoms with van der Waals surface area (Å²) in [6, 6.07) is 9.26. The first-order valence-corrected chi connectivity index (χ1v) is 11.1. The first-order valence-electron chi connectivity index (χ1n) is 9.27. The van der Waals surface area contributed by atoms with Crippen molar-refractivity contribution in [3.8, 4) is 11.5 Å². The molecule has 0 saturated carbocycles. The predicted molar refractivity (Wildman–Crippen MR) is 116 cm³/mol. The molecule has 1 N–H and O–H groups in total. The Hall–Kier alpha value is -3.34. The number of benzene rings is 2. The Kier molecular flexibility index (Phi) is 7.81. The van der Waals surface area contributed by atoms with Crippen molar-refractivity contribution in [1.29, 1.82) is 0 Å². The van der Waals surface area contributed by atoms with Gasteiger partial charge in [0.05, 0.1) is 31.1 Å². The molecule has 10 nitrogen and oxygen atoms in total. The lowest BCUT2D eigenvalue weighted by molar-refractivity contribution is -0.384. The molecule has 0 aliphatic carbocycles. The normalized spacial score (nSPS) is 11.0. The summed E-state index contributed by atoms with van der Waals surface area (Å²) >= 11 is 0. The molecule has 31 heavy (non-hydrogen) atoms. The zero-order chi connectivity index (χ0) is 23.2. The molecular formula is C20H25N3O7S. The second-order valence-electron chi connectivity index (χ2n) is 6.79. The Balaban J connectivity index is 2.09. The monoisotopic (exact) mass is 451 g/mol. The highest BCUT2D eigenvalue weighted by molar-refractivity contribution is 7.92. The molecule has 0 fully saturated rings. The number of amides is 1. The van der Waals surface area contributed by atoms with Gasteiger partial charge in [0.2, 0.25) is 15.9 Å². The summed E-state index contributed by atoms with van der Waals surface area (Å²) in [4.78, 5) is 22.9. The van der Waals surface area contributed by atoms with Crippen LogP contribution in [0.1, 0.15) is 11.1 Å². The van der Waals surface area contributed by atoms with Crippen molar-refractivity contribution < 1.29 is 27.6 Å². The van der Waals surface area contributed by atoms with Crippen LogP contribution in [0.3, 0.4) is 0 Å². The number of hydrogen-bond donors (Lipinski definition) is 1. The average Bonchev–Trinajstić information content (AvgIpc) is 2.71. The van der Waals surface area contributed by atoms with Crippen molar-refractivity contribution in [1.82, 2.24) is 5.32 Å². The highest BCUT2D eigenvalue weighted by atomic mass is 32.2. The Morgan fingerprint density at radius 1 is 1.13 bits per heavy atom. The van der Waals surface area contributed by atoms with E-state index >= 15 is 0 Å². The first kappa shape index (κ1) is 23.9. The number of nitrogens with one attached hydrogen (secondary N) is 1. The van der Waals surface area contributed by atoms with Gasteiger partial charge in [0.1, 0.15) is 6.54 Å². The van der Waals surface area contributed by atoms with Crippen LogP contribution < -0.4 is 19.1 Å². The zero-order valence-electron chi connectivity index (χ0n) is 17.7. The Morgan fingerprint density at radius 3 is 2.39 bits per heavy atom. The third-order valence-electron chi connectivity index (χ3n) is 4.54. The number of anilines is 1. The van der Waals surface area contributed by atoms with E-state index in [1.54, 1.807) is 19.1 Å². The van der Waals surface area contributed by atoms with Crippen LogP contribution in [-0.2, 0) is 21.2 Å². The molecule has 0 aliphatic heterocycles.